The van der Waals surface area contributed by atoms with E-state index in [0.29, 0.717) is 11.5 Å². The van der Waals surface area contributed by atoms with Crippen LogP contribution in [0, 0.1) is 17.3 Å². The van der Waals surface area contributed by atoms with Crippen molar-refractivity contribution in [2.45, 2.75) is 59.4 Å². The summed E-state index contributed by atoms with van der Waals surface area (Å²) >= 11 is 7.83. The molecule has 1 fully saturated rings. The fourth-order valence-corrected chi connectivity index (χ4v) is 4.71. The number of nitrogens with one attached hydrogen (secondary N) is 1. The van der Waals surface area contributed by atoms with Crippen LogP contribution >= 0.6 is 22.9 Å². The van der Waals surface area contributed by atoms with Gasteiger partial charge in [0.1, 0.15) is 0 Å². The summed E-state index contributed by atoms with van der Waals surface area (Å²) in [6.07, 6.45) is 5.21. The summed E-state index contributed by atoms with van der Waals surface area (Å²) in [5, 5.41) is 3.71. The molecule has 3 atom stereocenters. The lowest BCUT2D eigenvalue weighted by Crippen LogP contribution is -2.43. The SMILES string of the molecule is CCNC1CCC(C(C)(C)C)CC1Cc1ccc(Cl)s1. The third-order valence-corrected chi connectivity index (χ3v) is 6.02. The van der Waals surface area contributed by atoms with Crippen LogP contribution in [-0.2, 0) is 6.42 Å². The minimum atomic E-state index is 0.433. The largest absolute Gasteiger partial charge is 0.314 e. The highest BCUT2D eigenvalue weighted by molar-refractivity contribution is 7.16. The Morgan fingerprint density at radius 1 is 1.30 bits per heavy atom. The van der Waals surface area contributed by atoms with Crippen molar-refractivity contribution in [1.82, 2.24) is 5.32 Å². The lowest BCUT2D eigenvalue weighted by atomic mass is 9.66. The zero-order chi connectivity index (χ0) is 14.8. The fraction of sp³-hybridized carbons (Fsp3) is 0.765. The van der Waals surface area contributed by atoms with E-state index < -0.39 is 0 Å². The summed E-state index contributed by atoms with van der Waals surface area (Å²) in [4.78, 5) is 1.44. The van der Waals surface area contributed by atoms with Gasteiger partial charge >= 0.3 is 0 Å². The molecule has 0 radical (unpaired) electrons. The quantitative estimate of drug-likeness (QED) is 0.786. The van der Waals surface area contributed by atoms with Crippen molar-refractivity contribution >= 4 is 22.9 Å². The molecule has 20 heavy (non-hydrogen) atoms. The first-order valence-electron chi connectivity index (χ1n) is 7.87. The van der Waals surface area contributed by atoms with Gasteiger partial charge in [0.25, 0.3) is 0 Å². The molecule has 3 unspecified atom stereocenters. The highest BCUT2D eigenvalue weighted by Crippen LogP contribution is 2.42. The first-order valence-corrected chi connectivity index (χ1v) is 9.07. The van der Waals surface area contributed by atoms with Gasteiger partial charge in [0.2, 0.25) is 0 Å². The van der Waals surface area contributed by atoms with Crippen molar-refractivity contribution < 1.29 is 0 Å². The number of rotatable bonds is 4. The Balaban J connectivity index is 2.06. The van der Waals surface area contributed by atoms with Crippen molar-refractivity contribution in [1.29, 1.82) is 0 Å². The van der Waals surface area contributed by atoms with Crippen LogP contribution in [-0.4, -0.2) is 12.6 Å². The van der Waals surface area contributed by atoms with Gasteiger partial charge in [0.15, 0.2) is 0 Å². The standard InChI is InChI=1S/C17H28ClNS/c1-5-19-15-8-6-13(17(2,3)4)10-12(15)11-14-7-9-16(18)20-14/h7,9,12-13,15,19H,5-6,8,10-11H2,1-4H3. The van der Waals surface area contributed by atoms with E-state index in [1.54, 1.807) is 11.3 Å². The molecule has 114 valence electrons. The zero-order valence-corrected chi connectivity index (χ0v) is 14.8. The Bertz CT molecular complexity index is 421. The van der Waals surface area contributed by atoms with E-state index in [4.69, 9.17) is 11.6 Å². The molecule has 0 aliphatic heterocycles. The maximum atomic E-state index is 6.08. The van der Waals surface area contributed by atoms with E-state index in [1.807, 2.05) is 6.07 Å². The molecular formula is C17H28ClNS. The van der Waals surface area contributed by atoms with E-state index in [9.17, 15) is 0 Å². The number of thiophene rings is 1. The maximum absolute atomic E-state index is 6.08. The second-order valence-electron chi connectivity index (χ2n) is 7.21. The zero-order valence-electron chi connectivity index (χ0n) is 13.2. The van der Waals surface area contributed by atoms with E-state index >= 15 is 0 Å². The highest BCUT2D eigenvalue weighted by Gasteiger charge is 2.35. The molecule has 1 aliphatic carbocycles. The van der Waals surface area contributed by atoms with Crippen LogP contribution in [0.3, 0.4) is 0 Å². The van der Waals surface area contributed by atoms with Gasteiger partial charge in [-0.15, -0.1) is 11.3 Å². The van der Waals surface area contributed by atoms with Gasteiger partial charge in [-0.25, -0.2) is 0 Å². The molecule has 0 amide bonds. The minimum Gasteiger partial charge on any atom is -0.314 e. The molecule has 0 saturated heterocycles. The van der Waals surface area contributed by atoms with Crippen molar-refractivity contribution in [3.8, 4) is 0 Å². The van der Waals surface area contributed by atoms with Crippen molar-refractivity contribution in [3.05, 3.63) is 21.3 Å². The van der Waals surface area contributed by atoms with Crippen molar-refractivity contribution in [3.63, 3.8) is 0 Å². The maximum Gasteiger partial charge on any atom is 0.0931 e. The Kier molecular flexibility index (Phi) is 5.56. The molecule has 2 rings (SSSR count). The second kappa shape index (κ2) is 6.81. The van der Waals surface area contributed by atoms with E-state index in [1.165, 1.54) is 30.6 Å². The Morgan fingerprint density at radius 3 is 2.60 bits per heavy atom. The Hall–Kier alpha value is -0.0500. The van der Waals surface area contributed by atoms with Gasteiger partial charge < -0.3 is 5.32 Å². The average molecular weight is 314 g/mol. The first-order chi connectivity index (χ1) is 9.40. The van der Waals surface area contributed by atoms with Crippen LogP contribution in [0.25, 0.3) is 0 Å². The Labute approximate surface area is 133 Å². The van der Waals surface area contributed by atoms with Gasteiger partial charge in [-0.1, -0.05) is 39.3 Å². The second-order valence-corrected chi connectivity index (χ2v) is 9.01. The van der Waals surface area contributed by atoms with E-state index in [0.717, 1.165) is 22.7 Å². The van der Waals surface area contributed by atoms with Crippen molar-refractivity contribution in [2.24, 2.45) is 17.3 Å². The number of halogens is 1. The number of hydrogen-bond donors (Lipinski definition) is 1. The van der Waals surface area contributed by atoms with Gasteiger partial charge in [0, 0.05) is 10.9 Å². The molecule has 1 aliphatic rings. The molecular weight excluding hydrogens is 286 g/mol. The molecule has 0 spiro atoms. The van der Waals surface area contributed by atoms with Crippen LogP contribution in [0.1, 0.15) is 51.8 Å². The third kappa shape index (κ3) is 4.22. The predicted molar refractivity (Wildman–Crippen MR) is 90.8 cm³/mol. The van der Waals surface area contributed by atoms with Gasteiger partial charge in [-0.3, -0.25) is 0 Å². The van der Waals surface area contributed by atoms with Crippen LogP contribution in [0.2, 0.25) is 4.34 Å². The molecule has 0 aromatic carbocycles. The van der Waals surface area contributed by atoms with Crippen LogP contribution in [0.5, 0.6) is 0 Å². The summed E-state index contributed by atoms with van der Waals surface area (Å²) in [7, 11) is 0. The lowest BCUT2D eigenvalue weighted by Gasteiger charge is -2.42. The van der Waals surface area contributed by atoms with Gasteiger partial charge in [-0.2, -0.15) is 0 Å². The molecule has 0 bridgehead atoms. The third-order valence-electron chi connectivity index (χ3n) is 4.77. The lowest BCUT2D eigenvalue weighted by molar-refractivity contribution is 0.115. The molecule has 1 aromatic rings. The Morgan fingerprint density at radius 2 is 2.05 bits per heavy atom. The summed E-state index contributed by atoms with van der Waals surface area (Å²) in [6.45, 7) is 10.5. The van der Waals surface area contributed by atoms with Gasteiger partial charge in [-0.05, 0) is 61.6 Å². The fourth-order valence-electron chi connectivity index (χ4n) is 3.53. The minimum absolute atomic E-state index is 0.433. The summed E-state index contributed by atoms with van der Waals surface area (Å²) in [5.74, 6) is 1.60. The van der Waals surface area contributed by atoms with E-state index in [2.05, 4.69) is 39.1 Å². The topological polar surface area (TPSA) is 12.0 Å². The highest BCUT2D eigenvalue weighted by atomic mass is 35.5. The van der Waals surface area contributed by atoms with Gasteiger partial charge in [0.05, 0.1) is 4.34 Å². The van der Waals surface area contributed by atoms with E-state index in [-0.39, 0.29) is 0 Å². The summed E-state index contributed by atoms with van der Waals surface area (Å²) < 4.78 is 0.920. The normalized spacial score (nSPS) is 27.8. The summed E-state index contributed by atoms with van der Waals surface area (Å²) in [6, 6.07) is 4.92. The molecule has 1 nitrogen and oxygen atoms in total. The van der Waals surface area contributed by atoms with Crippen LogP contribution in [0.4, 0.5) is 0 Å². The van der Waals surface area contributed by atoms with Crippen LogP contribution < -0.4 is 5.32 Å². The number of hydrogen-bond acceptors (Lipinski definition) is 2. The first kappa shape index (κ1) is 16.3. The molecule has 1 aromatic heterocycles. The predicted octanol–water partition coefficient (Wildman–Crippen LogP) is 5.38. The molecule has 1 heterocycles. The molecule has 1 saturated carbocycles. The van der Waals surface area contributed by atoms with Crippen molar-refractivity contribution in [2.75, 3.05) is 6.54 Å². The summed E-state index contributed by atoms with van der Waals surface area (Å²) in [5.41, 5.74) is 0.433. The molecule has 3 heteroatoms. The smallest absolute Gasteiger partial charge is 0.0931 e. The monoisotopic (exact) mass is 313 g/mol. The average Bonchev–Trinajstić information content (AvgIpc) is 2.76. The molecule has 1 N–H and O–H groups in total. The van der Waals surface area contributed by atoms with Crippen LogP contribution in [0.15, 0.2) is 12.1 Å².